The van der Waals surface area contributed by atoms with Gasteiger partial charge in [-0.15, -0.1) is 22.7 Å². The average molecular weight is 339 g/mol. The first-order chi connectivity index (χ1) is 11.2. The molecule has 0 N–H and O–H groups in total. The molecule has 2 aromatic carbocycles. The summed E-state index contributed by atoms with van der Waals surface area (Å²) >= 11 is 3.35. The maximum absolute atomic E-state index is 13.7. The number of fused-ring (bicyclic) bond motifs is 1. The zero-order valence-corrected chi connectivity index (χ0v) is 14.2. The molecule has 2 aromatic heterocycles. The summed E-state index contributed by atoms with van der Waals surface area (Å²) in [7, 11) is 0. The molecule has 0 radical (unpaired) electrons. The molecule has 0 amide bonds. The lowest BCUT2D eigenvalue weighted by molar-refractivity contribution is 0.637. The Hall–Kier alpha value is -2.04. The summed E-state index contributed by atoms with van der Waals surface area (Å²) in [5.41, 5.74) is 3.00. The van der Waals surface area contributed by atoms with Gasteiger partial charge in [0.2, 0.25) is 0 Å². The Morgan fingerprint density at radius 2 is 1.87 bits per heavy atom. The van der Waals surface area contributed by atoms with Crippen LogP contribution in [0.3, 0.4) is 0 Å². The Kier molecular flexibility index (Phi) is 3.71. The SMILES string of the molecule is Cc1cccc(-c2ccc(Cc3nc4c(F)cccc4s3)s2)c1. The van der Waals surface area contributed by atoms with Crippen molar-refractivity contribution in [2.45, 2.75) is 13.3 Å². The van der Waals surface area contributed by atoms with Crippen molar-refractivity contribution in [2.24, 2.45) is 0 Å². The van der Waals surface area contributed by atoms with Crippen molar-refractivity contribution in [3.05, 3.63) is 75.9 Å². The van der Waals surface area contributed by atoms with Crippen LogP contribution >= 0.6 is 22.7 Å². The van der Waals surface area contributed by atoms with Crippen molar-refractivity contribution in [1.29, 1.82) is 0 Å². The van der Waals surface area contributed by atoms with Crippen molar-refractivity contribution in [3.63, 3.8) is 0 Å². The lowest BCUT2D eigenvalue weighted by Crippen LogP contribution is -1.82. The number of hydrogen-bond acceptors (Lipinski definition) is 3. The molecule has 4 rings (SSSR count). The number of thiophene rings is 1. The third kappa shape index (κ3) is 2.92. The topological polar surface area (TPSA) is 12.9 Å². The number of aromatic nitrogens is 1. The number of nitrogens with zero attached hydrogens (tertiary/aromatic N) is 1. The van der Waals surface area contributed by atoms with Crippen molar-refractivity contribution in [2.75, 3.05) is 0 Å². The normalized spacial score (nSPS) is 11.2. The number of thiazole rings is 1. The van der Waals surface area contributed by atoms with Crippen LogP contribution in [0.25, 0.3) is 20.7 Å². The van der Waals surface area contributed by atoms with Gasteiger partial charge in [0.05, 0.1) is 9.71 Å². The molecule has 0 aliphatic carbocycles. The van der Waals surface area contributed by atoms with Crippen molar-refractivity contribution >= 4 is 32.9 Å². The van der Waals surface area contributed by atoms with Gasteiger partial charge < -0.3 is 0 Å². The van der Waals surface area contributed by atoms with E-state index in [1.807, 2.05) is 6.07 Å². The number of benzene rings is 2. The summed E-state index contributed by atoms with van der Waals surface area (Å²) in [5.74, 6) is -0.239. The first-order valence-electron chi connectivity index (χ1n) is 7.39. The number of aryl methyl sites for hydroxylation is 1. The van der Waals surface area contributed by atoms with Crippen LogP contribution in [0.1, 0.15) is 15.4 Å². The molecule has 0 bridgehead atoms. The predicted octanol–water partition coefficient (Wildman–Crippen LogP) is 6.06. The molecule has 4 heteroatoms. The van der Waals surface area contributed by atoms with Crippen molar-refractivity contribution < 1.29 is 4.39 Å². The van der Waals surface area contributed by atoms with Crippen LogP contribution in [0.5, 0.6) is 0 Å². The molecule has 2 heterocycles. The van der Waals surface area contributed by atoms with Crippen LogP contribution in [0.2, 0.25) is 0 Å². The molecular formula is C19H14FNS2. The lowest BCUT2D eigenvalue weighted by atomic mass is 10.1. The fourth-order valence-corrected chi connectivity index (χ4v) is 4.72. The van der Waals surface area contributed by atoms with Crippen LogP contribution in [-0.2, 0) is 6.42 Å². The molecule has 0 fully saturated rings. The Balaban J connectivity index is 1.63. The number of para-hydroxylation sites is 1. The highest BCUT2D eigenvalue weighted by Crippen LogP contribution is 2.32. The van der Waals surface area contributed by atoms with Gasteiger partial charge in [0, 0.05) is 16.2 Å². The van der Waals surface area contributed by atoms with Crippen LogP contribution < -0.4 is 0 Å². The van der Waals surface area contributed by atoms with Gasteiger partial charge in [-0.05, 0) is 36.8 Å². The van der Waals surface area contributed by atoms with E-state index in [2.05, 4.69) is 48.3 Å². The average Bonchev–Trinajstić information content (AvgIpc) is 3.15. The van der Waals surface area contributed by atoms with E-state index in [4.69, 9.17) is 0 Å². The Morgan fingerprint density at radius 3 is 2.70 bits per heavy atom. The molecule has 0 aliphatic heterocycles. The second-order valence-corrected chi connectivity index (χ2v) is 7.79. The summed E-state index contributed by atoms with van der Waals surface area (Å²) in [6.07, 6.45) is 0.759. The summed E-state index contributed by atoms with van der Waals surface area (Å²) < 4.78 is 14.7. The first-order valence-corrected chi connectivity index (χ1v) is 9.02. The summed E-state index contributed by atoms with van der Waals surface area (Å²) in [4.78, 5) is 6.96. The number of hydrogen-bond donors (Lipinski definition) is 0. The Labute approximate surface area is 142 Å². The molecule has 4 aromatic rings. The highest BCUT2D eigenvalue weighted by molar-refractivity contribution is 7.19. The molecule has 0 unspecified atom stereocenters. The van der Waals surface area contributed by atoms with E-state index in [9.17, 15) is 4.39 Å². The maximum Gasteiger partial charge on any atom is 0.150 e. The van der Waals surface area contributed by atoms with Gasteiger partial charge in [-0.1, -0.05) is 35.9 Å². The summed E-state index contributed by atoms with van der Waals surface area (Å²) in [5, 5.41) is 0.961. The molecule has 23 heavy (non-hydrogen) atoms. The zero-order valence-electron chi connectivity index (χ0n) is 12.5. The van der Waals surface area contributed by atoms with Crippen molar-refractivity contribution in [1.82, 2.24) is 4.98 Å². The van der Waals surface area contributed by atoms with Crippen LogP contribution in [0.4, 0.5) is 4.39 Å². The smallest absolute Gasteiger partial charge is 0.150 e. The predicted molar refractivity (Wildman–Crippen MR) is 96.9 cm³/mol. The third-order valence-corrected chi connectivity index (χ3v) is 5.86. The van der Waals surface area contributed by atoms with Gasteiger partial charge in [-0.25, -0.2) is 9.37 Å². The molecule has 0 aliphatic rings. The number of halogens is 1. The van der Waals surface area contributed by atoms with Gasteiger partial charge in [0.15, 0.2) is 0 Å². The largest absolute Gasteiger partial charge is 0.238 e. The van der Waals surface area contributed by atoms with Gasteiger partial charge in [-0.2, -0.15) is 0 Å². The maximum atomic E-state index is 13.7. The fraction of sp³-hybridized carbons (Fsp3) is 0.105. The molecule has 0 spiro atoms. The summed E-state index contributed by atoms with van der Waals surface area (Å²) in [6, 6.07) is 17.9. The molecule has 114 valence electrons. The van der Waals surface area contributed by atoms with Crippen LogP contribution in [0, 0.1) is 12.7 Å². The lowest BCUT2D eigenvalue weighted by Gasteiger charge is -1.98. The van der Waals surface area contributed by atoms with E-state index in [-0.39, 0.29) is 5.82 Å². The van der Waals surface area contributed by atoms with Crippen molar-refractivity contribution in [3.8, 4) is 10.4 Å². The summed E-state index contributed by atoms with van der Waals surface area (Å²) in [6.45, 7) is 2.10. The van der Waals surface area contributed by atoms with Crippen LogP contribution in [-0.4, -0.2) is 4.98 Å². The molecule has 0 saturated heterocycles. The minimum atomic E-state index is -0.239. The molecule has 0 atom stereocenters. The molecular weight excluding hydrogens is 325 g/mol. The Morgan fingerprint density at radius 1 is 1.00 bits per heavy atom. The highest BCUT2D eigenvalue weighted by Gasteiger charge is 2.10. The number of rotatable bonds is 3. The standard InChI is InChI=1S/C19H14FNS2/c1-12-4-2-5-13(10-12)16-9-8-14(22-16)11-18-21-19-15(20)6-3-7-17(19)23-18/h2-10H,11H2,1H3. The fourth-order valence-electron chi connectivity index (χ4n) is 2.61. The van der Waals surface area contributed by atoms with E-state index < -0.39 is 0 Å². The molecule has 1 nitrogen and oxygen atoms in total. The van der Waals surface area contributed by atoms with E-state index in [0.29, 0.717) is 5.52 Å². The zero-order chi connectivity index (χ0) is 15.8. The van der Waals surface area contributed by atoms with Gasteiger partial charge >= 0.3 is 0 Å². The van der Waals surface area contributed by atoms with E-state index >= 15 is 0 Å². The van der Waals surface area contributed by atoms with Gasteiger partial charge in [0.1, 0.15) is 11.3 Å². The van der Waals surface area contributed by atoms with Crippen LogP contribution in [0.15, 0.2) is 54.6 Å². The van der Waals surface area contributed by atoms with Gasteiger partial charge in [0.25, 0.3) is 0 Å². The third-order valence-electron chi connectivity index (χ3n) is 3.70. The monoisotopic (exact) mass is 339 g/mol. The quantitative estimate of drug-likeness (QED) is 0.442. The Bertz CT molecular complexity index is 984. The first kappa shape index (κ1) is 14.5. The minimum absolute atomic E-state index is 0.239. The highest BCUT2D eigenvalue weighted by atomic mass is 32.1. The second-order valence-electron chi connectivity index (χ2n) is 5.51. The van der Waals surface area contributed by atoms with E-state index in [1.165, 1.54) is 26.9 Å². The van der Waals surface area contributed by atoms with Gasteiger partial charge in [-0.3, -0.25) is 0 Å². The minimum Gasteiger partial charge on any atom is -0.238 e. The molecule has 0 saturated carbocycles. The van der Waals surface area contributed by atoms with E-state index in [0.717, 1.165) is 16.1 Å². The second kappa shape index (κ2) is 5.87. The van der Waals surface area contributed by atoms with E-state index in [1.54, 1.807) is 28.7 Å².